The van der Waals surface area contributed by atoms with E-state index in [1.165, 1.54) is 7.11 Å². The first kappa shape index (κ1) is 16.0. The number of methoxy groups -OCH3 is 1. The first-order valence-corrected chi connectivity index (χ1v) is 7.82. The number of hydrogen-bond acceptors (Lipinski definition) is 4. The molecule has 0 atom stereocenters. The second-order valence-electron chi connectivity index (χ2n) is 5.79. The number of esters is 1. The molecule has 0 heterocycles. The van der Waals surface area contributed by atoms with Gasteiger partial charge in [0.15, 0.2) is 5.78 Å². The van der Waals surface area contributed by atoms with Crippen LogP contribution in [0, 0.1) is 6.92 Å². The summed E-state index contributed by atoms with van der Waals surface area (Å²) in [5.41, 5.74) is 5.64. The summed E-state index contributed by atoms with van der Waals surface area (Å²) >= 11 is 0. The Balaban J connectivity index is 2.02. The molecule has 2 aromatic carbocycles. The zero-order valence-corrected chi connectivity index (χ0v) is 13.8. The van der Waals surface area contributed by atoms with Crippen LogP contribution in [0.1, 0.15) is 39.0 Å². The zero-order chi connectivity index (χ0) is 17.3. The molecule has 0 unspecified atom stereocenters. The minimum Gasteiger partial charge on any atom is -0.469 e. The largest absolute Gasteiger partial charge is 0.469 e. The van der Waals surface area contributed by atoms with Crippen LogP contribution in [0.3, 0.4) is 0 Å². The van der Waals surface area contributed by atoms with Crippen LogP contribution >= 0.6 is 0 Å². The third kappa shape index (κ3) is 2.60. The molecular formula is C20H19NO3. The molecule has 3 rings (SSSR count). The van der Waals surface area contributed by atoms with Crippen molar-refractivity contribution in [2.45, 2.75) is 13.3 Å². The molecule has 0 fully saturated rings. The van der Waals surface area contributed by atoms with E-state index in [0.717, 1.165) is 28.0 Å². The Hall–Kier alpha value is -2.88. The van der Waals surface area contributed by atoms with Crippen molar-refractivity contribution >= 4 is 23.0 Å². The number of ketones is 1. The number of nitrogens with one attached hydrogen (secondary N) is 1. The van der Waals surface area contributed by atoms with Crippen molar-refractivity contribution in [2.24, 2.45) is 0 Å². The fourth-order valence-corrected chi connectivity index (χ4v) is 3.09. The van der Waals surface area contributed by atoms with Crippen molar-refractivity contribution < 1.29 is 14.3 Å². The van der Waals surface area contributed by atoms with E-state index >= 15 is 0 Å². The summed E-state index contributed by atoms with van der Waals surface area (Å²) in [4.78, 5) is 24.3. The van der Waals surface area contributed by atoms with Crippen LogP contribution in [-0.2, 0) is 9.53 Å². The Morgan fingerprint density at radius 3 is 2.54 bits per heavy atom. The number of carbonyl (C=O) groups is 2. The van der Waals surface area contributed by atoms with Crippen molar-refractivity contribution in [3.05, 3.63) is 70.8 Å². The maximum atomic E-state index is 13.0. The first-order valence-electron chi connectivity index (χ1n) is 7.82. The number of carbonyl (C=O) groups excluding carboxylic acids is 2. The molecule has 24 heavy (non-hydrogen) atoms. The molecule has 0 bridgehead atoms. The summed E-state index contributed by atoms with van der Waals surface area (Å²) in [7, 11) is 1.36. The predicted molar refractivity (Wildman–Crippen MR) is 94.3 cm³/mol. The van der Waals surface area contributed by atoms with Crippen molar-refractivity contribution in [3.8, 4) is 0 Å². The number of anilines is 1. The molecule has 4 nitrogen and oxygen atoms in total. The Morgan fingerprint density at radius 2 is 1.83 bits per heavy atom. The average molecular weight is 321 g/mol. The van der Waals surface area contributed by atoms with E-state index in [4.69, 9.17) is 0 Å². The summed E-state index contributed by atoms with van der Waals surface area (Å²) in [6.45, 7) is 6.58. The first-order chi connectivity index (χ1) is 11.5. The highest BCUT2D eigenvalue weighted by atomic mass is 16.5. The lowest BCUT2D eigenvalue weighted by molar-refractivity contribution is -0.140. The van der Waals surface area contributed by atoms with Gasteiger partial charge in [0, 0.05) is 17.8 Å². The van der Waals surface area contributed by atoms with Crippen LogP contribution in [0.2, 0.25) is 0 Å². The van der Waals surface area contributed by atoms with E-state index in [-0.39, 0.29) is 18.2 Å². The van der Waals surface area contributed by atoms with Crippen LogP contribution in [-0.4, -0.2) is 25.4 Å². The third-order valence-corrected chi connectivity index (χ3v) is 4.31. The molecule has 1 aliphatic carbocycles. The molecular weight excluding hydrogens is 302 g/mol. The summed E-state index contributed by atoms with van der Waals surface area (Å²) in [5, 5.41) is 3.18. The molecule has 0 saturated carbocycles. The number of aryl methyl sites for hydroxylation is 1. The number of ether oxygens (including phenoxy) is 1. The third-order valence-electron chi connectivity index (χ3n) is 4.31. The summed E-state index contributed by atoms with van der Waals surface area (Å²) in [6.07, 6.45) is 0.241. The minimum absolute atomic E-state index is 0.0164. The number of hydrogen-bond donors (Lipinski definition) is 1. The van der Waals surface area contributed by atoms with Crippen LogP contribution in [0.15, 0.2) is 43.0 Å². The number of benzene rings is 2. The quantitative estimate of drug-likeness (QED) is 0.746. The molecule has 0 radical (unpaired) electrons. The highest BCUT2D eigenvalue weighted by molar-refractivity contribution is 6.21. The van der Waals surface area contributed by atoms with Gasteiger partial charge in [-0.2, -0.15) is 0 Å². The highest BCUT2D eigenvalue weighted by Crippen LogP contribution is 2.39. The lowest BCUT2D eigenvalue weighted by atomic mass is 9.79. The van der Waals surface area contributed by atoms with Gasteiger partial charge >= 0.3 is 5.97 Å². The Bertz CT molecular complexity index is 852. The monoisotopic (exact) mass is 321 g/mol. The van der Waals surface area contributed by atoms with Gasteiger partial charge in [0.05, 0.1) is 19.1 Å². The molecule has 1 N–H and O–H groups in total. The summed E-state index contributed by atoms with van der Waals surface area (Å²) in [6, 6.07) is 11.4. The second kappa shape index (κ2) is 6.32. The van der Waals surface area contributed by atoms with Gasteiger partial charge in [0.25, 0.3) is 0 Å². The standard InChI is InChI=1S/C20H19NO3/c1-12-8-9-16(21-11-10-17(22)24-3)19-18(12)13(2)14-6-4-5-7-15(14)20(19)23/h4-9,21H,2,10-11H2,1,3H3. The van der Waals surface area contributed by atoms with Gasteiger partial charge < -0.3 is 10.1 Å². The molecule has 0 amide bonds. The molecule has 0 aliphatic heterocycles. The maximum Gasteiger partial charge on any atom is 0.307 e. The second-order valence-corrected chi connectivity index (χ2v) is 5.79. The van der Waals surface area contributed by atoms with Gasteiger partial charge in [-0.25, -0.2) is 0 Å². The van der Waals surface area contributed by atoms with Crippen molar-refractivity contribution in [1.29, 1.82) is 0 Å². The topological polar surface area (TPSA) is 55.4 Å². The Morgan fingerprint density at radius 1 is 1.12 bits per heavy atom. The molecule has 0 spiro atoms. The van der Waals surface area contributed by atoms with Crippen LogP contribution in [0.5, 0.6) is 0 Å². The van der Waals surface area contributed by atoms with Crippen LogP contribution in [0.4, 0.5) is 5.69 Å². The van der Waals surface area contributed by atoms with Gasteiger partial charge in [0.2, 0.25) is 0 Å². The summed E-state index contributed by atoms with van der Waals surface area (Å²) in [5.74, 6) is -0.304. The minimum atomic E-state index is -0.287. The smallest absolute Gasteiger partial charge is 0.307 e. The van der Waals surface area contributed by atoms with E-state index in [1.807, 2.05) is 43.3 Å². The molecule has 122 valence electrons. The van der Waals surface area contributed by atoms with Crippen molar-refractivity contribution in [3.63, 3.8) is 0 Å². The van der Waals surface area contributed by atoms with Gasteiger partial charge in [-0.05, 0) is 35.3 Å². The van der Waals surface area contributed by atoms with Gasteiger partial charge in [-0.15, -0.1) is 0 Å². The van der Waals surface area contributed by atoms with Gasteiger partial charge in [-0.1, -0.05) is 36.9 Å². The molecule has 0 aromatic heterocycles. The van der Waals surface area contributed by atoms with E-state index in [0.29, 0.717) is 17.7 Å². The normalized spacial score (nSPS) is 12.4. The molecule has 2 aromatic rings. The fraction of sp³-hybridized carbons (Fsp3) is 0.200. The Kier molecular flexibility index (Phi) is 4.21. The SMILES string of the molecule is C=C1c2ccccc2C(=O)c2c(NCCC(=O)OC)ccc(C)c21. The van der Waals surface area contributed by atoms with E-state index in [2.05, 4.69) is 16.6 Å². The zero-order valence-electron chi connectivity index (χ0n) is 13.8. The van der Waals surface area contributed by atoms with Crippen LogP contribution < -0.4 is 5.32 Å². The summed E-state index contributed by atoms with van der Waals surface area (Å²) < 4.78 is 4.64. The molecule has 1 aliphatic rings. The molecule has 0 saturated heterocycles. The van der Waals surface area contributed by atoms with Crippen molar-refractivity contribution in [2.75, 3.05) is 19.0 Å². The number of fused-ring (bicyclic) bond motifs is 2. The fourth-order valence-electron chi connectivity index (χ4n) is 3.09. The van der Waals surface area contributed by atoms with E-state index in [1.54, 1.807) is 0 Å². The number of rotatable bonds is 4. The highest BCUT2D eigenvalue weighted by Gasteiger charge is 2.29. The van der Waals surface area contributed by atoms with E-state index < -0.39 is 0 Å². The average Bonchev–Trinajstić information content (AvgIpc) is 2.60. The van der Waals surface area contributed by atoms with E-state index in [9.17, 15) is 9.59 Å². The van der Waals surface area contributed by atoms with Crippen molar-refractivity contribution in [1.82, 2.24) is 0 Å². The maximum absolute atomic E-state index is 13.0. The van der Waals surface area contributed by atoms with Crippen LogP contribution in [0.25, 0.3) is 5.57 Å². The lowest BCUT2D eigenvalue weighted by Crippen LogP contribution is -2.19. The Labute approximate surface area is 141 Å². The lowest BCUT2D eigenvalue weighted by Gasteiger charge is -2.25. The van der Waals surface area contributed by atoms with Gasteiger partial charge in [0.1, 0.15) is 0 Å². The molecule has 4 heteroatoms. The predicted octanol–water partition coefficient (Wildman–Crippen LogP) is 3.58. The van der Waals surface area contributed by atoms with Gasteiger partial charge in [-0.3, -0.25) is 9.59 Å².